The van der Waals surface area contributed by atoms with Gasteiger partial charge in [0, 0.05) is 16.5 Å². The molecule has 2 heterocycles. The van der Waals surface area contributed by atoms with Crippen molar-refractivity contribution in [2.75, 3.05) is 0 Å². The van der Waals surface area contributed by atoms with Gasteiger partial charge in [-0.3, -0.25) is 5.10 Å². The third-order valence-corrected chi connectivity index (χ3v) is 5.93. The Labute approximate surface area is 180 Å². The summed E-state index contributed by atoms with van der Waals surface area (Å²) in [6.45, 7) is 6.00. The largest absolute Gasteiger partial charge is 0.486 e. The van der Waals surface area contributed by atoms with E-state index in [9.17, 15) is 5.26 Å². The molecular formula is C25H23N5O. The summed E-state index contributed by atoms with van der Waals surface area (Å²) in [5.41, 5.74) is 7.62. The van der Waals surface area contributed by atoms with Gasteiger partial charge in [-0.1, -0.05) is 0 Å². The molecule has 31 heavy (non-hydrogen) atoms. The van der Waals surface area contributed by atoms with Gasteiger partial charge in [-0.05, 0) is 87.1 Å². The van der Waals surface area contributed by atoms with Gasteiger partial charge in [-0.25, -0.2) is 0 Å². The van der Waals surface area contributed by atoms with Crippen LogP contribution in [0.4, 0.5) is 0 Å². The van der Waals surface area contributed by atoms with E-state index in [0.29, 0.717) is 11.5 Å². The molecule has 6 nitrogen and oxygen atoms in total. The molecule has 0 amide bonds. The predicted octanol–water partition coefficient (Wildman–Crippen LogP) is 5.53. The number of nitriles is 1. The molecule has 2 aromatic heterocycles. The summed E-state index contributed by atoms with van der Waals surface area (Å²) in [7, 11) is 0. The molecule has 2 aromatic carbocycles. The zero-order valence-corrected chi connectivity index (χ0v) is 17.8. The van der Waals surface area contributed by atoms with Gasteiger partial charge in [0.25, 0.3) is 0 Å². The first-order chi connectivity index (χ1) is 15.0. The Morgan fingerprint density at radius 3 is 2.74 bits per heavy atom. The molecule has 4 aromatic rings. The summed E-state index contributed by atoms with van der Waals surface area (Å²) in [6.07, 6.45) is 3.98. The molecule has 154 valence electrons. The smallest absolute Gasteiger partial charge is 0.123 e. The van der Waals surface area contributed by atoms with Crippen molar-refractivity contribution in [1.82, 2.24) is 20.4 Å². The highest BCUT2D eigenvalue weighted by molar-refractivity contribution is 5.94. The molecule has 0 radical (unpaired) electrons. The number of aryl methyl sites for hydroxylation is 2. The number of aromatic nitrogens is 4. The summed E-state index contributed by atoms with van der Waals surface area (Å²) in [4.78, 5) is 0. The maximum Gasteiger partial charge on any atom is 0.123 e. The van der Waals surface area contributed by atoms with Crippen molar-refractivity contribution in [3.05, 3.63) is 70.5 Å². The fourth-order valence-electron chi connectivity index (χ4n) is 4.28. The lowest BCUT2D eigenvalue weighted by molar-refractivity contribution is 0.225. The van der Waals surface area contributed by atoms with Gasteiger partial charge in [0.1, 0.15) is 17.5 Å². The lowest BCUT2D eigenvalue weighted by Crippen LogP contribution is -2.09. The van der Waals surface area contributed by atoms with Crippen molar-refractivity contribution in [2.24, 2.45) is 0 Å². The Kier molecular flexibility index (Phi) is 4.67. The number of nitrogens with one attached hydrogen (secondary N) is 1. The van der Waals surface area contributed by atoms with E-state index < -0.39 is 0 Å². The van der Waals surface area contributed by atoms with Gasteiger partial charge in [0.2, 0.25) is 0 Å². The SMILES string of the molecule is Cc1cnnc(C)c1[C@@H](C)Oc1ccc2[nH]nc(-c3cc(C#N)cc(C4CC4)c3)c2c1. The molecule has 0 unspecified atom stereocenters. The minimum atomic E-state index is -0.160. The molecule has 1 atom stereocenters. The number of rotatable bonds is 5. The monoisotopic (exact) mass is 409 g/mol. The third kappa shape index (κ3) is 3.64. The van der Waals surface area contributed by atoms with Gasteiger partial charge >= 0.3 is 0 Å². The van der Waals surface area contributed by atoms with Gasteiger partial charge in [-0.2, -0.15) is 20.6 Å². The van der Waals surface area contributed by atoms with E-state index in [1.165, 1.54) is 18.4 Å². The molecule has 1 aliphatic rings. The van der Waals surface area contributed by atoms with E-state index in [2.05, 4.69) is 32.5 Å². The Bertz CT molecular complexity index is 1310. The normalized spacial score (nSPS) is 14.4. The Morgan fingerprint density at radius 1 is 1.16 bits per heavy atom. The summed E-state index contributed by atoms with van der Waals surface area (Å²) in [5.74, 6) is 1.33. The fourth-order valence-corrected chi connectivity index (χ4v) is 4.28. The van der Waals surface area contributed by atoms with Crippen LogP contribution in [0, 0.1) is 25.2 Å². The second kappa shape index (κ2) is 7.51. The molecule has 1 fully saturated rings. The van der Waals surface area contributed by atoms with E-state index in [4.69, 9.17) is 4.74 Å². The van der Waals surface area contributed by atoms with Crippen LogP contribution in [0.1, 0.15) is 59.7 Å². The summed E-state index contributed by atoms with van der Waals surface area (Å²) in [5, 5.41) is 26.3. The van der Waals surface area contributed by atoms with E-state index in [0.717, 1.165) is 44.7 Å². The highest BCUT2D eigenvalue weighted by Crippen LogP contribution is 2.42. The Morgan fingerprint density at radius 2 is 2.00 bits per heavy atom. The van der Waals surface area contributed by atoms with Crippen LogP contribution >= 0.6 is 0 Å². The number of hydrogen-bond acceptors (Lipinski definition) is 5. The maximum absolute atomic E-state index is 9.49. The molecule has 1 aliphatic carbocycles. The quantitative estimate of drug-likeness (QED) is 0.468. The van der Waals surface area contributed by atoms with Crippen LogP contribution in [0.2, 0.25) is 0 Å². The molecule has 1 saturated carbocycles. The molecule has 0 saturated heterocycles. The summed E-state index contributed by atoms with van der Waals surface area (Å²) < 4.78 is 6.29. The zero-order chi connectivity index (χ0) is 21.5. The average Bonchev–Trinajstić information content (AvgIpc) is 3.53. The van der Waals surface area contributed by atoms with Crippen LogP contribution in [0.25, 0.3) is 22.2 Å². The van der Waals surface area contributed by atoms with Crippen LogP contribution in [0.15, 0.2) is 42.6 Å². The van der Waals surface area contributed by atoms with Crippen molar-refractivity contribution in [3.63, 3.8) is 0 Å². The topological polar surface area (TPSA) is 87.5 Å². The van der Waals surface area contributed by atoms with E-state index >= 15 is 0 Å². The minimum Gasteiger partial charge on any atom is -0.486 e. The Hall–Kier alpha value is -3.72. The second-order valence-electron chi connectivity index (χ2n) is 8.30. The number of aromatic amines is 1. The van der Waals surface area contributed by atoms with E-state index in [1.54, 1.807) is 6.20 Å². The molecular weight excluding hydrogens is 386 g/mol. The number of ether oxygens (including phenoxy) is 1. The Balaban J connectivity index is 1.52. The summed E-state index contributed by atoms with van der Waals surface area (Å²) >= 11 is 0. The third-order valence-electron chi connectivity index (χ3n) is 5.93. The van der Waals surface area contributed by atoms with Gasteiger partial charge in [0.05, 0.1) is 29.0 Å². The number of hydrogen-bond donors (Lipinski definition) is 1. The lowest BCUT2D eigenvalue weighted by atomic mass is 9.99. The van der Waals surface area contributed by atoms with E-state index in [1.807, 2.05) is 51.1 Å². The molecule has 6 heteroatoms. The van der Waals surface area contributed by atoms with Crippen molar-refractivity contribution < 1.29 is 4.74 Å². The molecule has 5 rings (SSSR count). The van der Waals surface area contributed by atoms with Crippen molar-refractivity contribution >= 4 is 10.9 Å². The number of fused-ring (bicyclic) bond motifs is 1. The second-order valence-corrected chi connectivity index (χ2v) is 8.30. The number of H-pyrrole nitrogens is 1. The zero-order valence-electron chi connectivity index (χ0n) is 17.8. The standard InChI is InChI=1S/C25H23N5O/c1-14-13-27-28-15(2)24(14)16(3)31-21-6-7-23-22(11-21)25(30-29-23)20-9-17(12-26)8-19(10-20)18-4-5-18/h6-11,13,16,18H,4-5H2,1-3H3,(H,29,30)/t16-/m1/s1. The molecule has 0 spiro atoms. The number of benzene rings is 2. The molecule has 1 N–H and O–H groups in total. The maximum atomic E-state index is 9.49. The van der Waals surface area contributed by atoms with Crippen LogP contribution in [0.3, 0.4) is 0 Å². The van der Waals surface area contributed by atoms with Gasteiger partial charge < -0.3 is 4.74 Å². The average molecular weight is 409 g/mol. The van der Waals surface area contributed by atoms with Crippen molar-refractivity contribution in [2.45, 2.75) is 45.6 Å². The minimum absolute atomic E-state index is 0.160. The summed E-state index contributed by atoms with van der Waals surface area (Å²) in [6, 6.07) is 14.3. The van der Waals surface area contributed by atoms with Crippen LogP contribution in [-0.4, -0.2) is 20.4 Å². The van der Waals surface area contributed by atoms with Gasteiger partial charge in [0.15, 0.2) is 0 Å². The molecule has 0 bridgehead atoms. The van der Waals surface area contributed by atoms with Crippen LogP contribution < -0.4 is 4.74 Å². The first-order valence-corrected chi connectivity index (χ1v) is 10.5. The van der Waals surface area contributed by atoms with Crippen LogP contribution in [0.5, 0.6) is 5.75 Å². The first kappa shape index (κ1) is 19.3. The van der Waals surface area contributed by atoms with Crippen molar-refractivity contribution in [1.29, 1.82) is 5.26 Å². The fraction of sp³-hybridized carbons (Fsp3) is 0.280. The number of nitrogens with zero attached hydrogens (tertiary/aromatic N) is 4. The molecule has 0 aliphatic heterocycles. The highest BCUT2D eigenvalue weighted by atomic mass is 16.5. The highest BCUT2D eigenvalue weighted by Gasteiger charge is 2.25. The lowest BCUT2D eigenvalue weighted by Gasteiger charge is -2.18. The first-order valence-electron chi connectivity index (χ1n) is 10.5. The van der Waals surface area contributed by atoms with Crippen molar-refractivity contribution in [3.8, 4) is 23.1 Å². The van der Waals surface area contributed by atoms with Gasteiger partial charge in [-0.15, -0.1) is 0 Å². The van der Waals surface area contributed by atoms with Crippen LogP contribution in [-0.2, 0) is 0 Å². The predicted molar refractivity (Wildman–Crippen MR) is 119 cm³/mol. The van der Waals surface area contributed by atoms with E-state index in [-0.39, 0.29) is 6.10 Å².